The van der Waals surface area contributed by atoms with Crippen LogP contribution in [0.2, 0.25) is 0 Å². The number of thiophene rings is 1. The highest BCUT2D eigenvalue weighted by molar-refractivity contribution is 7.12. The Bertz CT molecular complexity index is 957. The lowest BCUT2D eigenvalue weighted by Crippen LogP contribution is -2.19. The van der Waals surface area contributed by atoms with Gasteiger partial charge in [-0.3, -0.25) is 5.43 Å². The first-order valence-electron chi connectivity index (χ1n) is 8.10. The summed E-state index contributed by atoms with van der Waals surface area (Å²) in [4.78, 5) is 5.83. The minimum atomic E-state index is -0.270. The van der Waals surface area contributed by atoms with Crippen molar-refractivity contribution in [3.63, 3.8) is 0 Å². The highest BCUT2D eigenvalue weighted by atomic mass is 32.1. The molecule has 124 valence electrons. The first-order valence-corrected chi connectivity index (χ1v) is 8.98. The first-order chi connectivity index (χ1) is 12.2. The summed E-state index contributed by atoms with van der Waals surface area (Å²) in [6.07, 6.45) is 0.951. The molecular weight excluding hydrogens is 333 g/mol. The molecule has 0 saturated heterocycles. The van der Waals surface area contributed by atoms with Gasteiger partial charge in [0.2, 0.25) is 0 Å². The van der Waals surface area contributed by atoms with E-state index in [1.807, 2.05) is 17.5 Å². The van der Waals surface area contributed by atoms with Crippen molar-refractivity contribution in [2.24, 2.45) is 10.1 Å². The van der Waals surface area contributed by atoms with E-state index in [0.717, 1.165) is 33.8 Å². The largest absolute Gasteiger partial charge is 0.260 e. The van der Waals surface area contributed by atoms with Crippen LogP contribution in [0.3, 0.4) is 0 Å². The molecule has 0 spiro atoms. The molecule has 0 aliphatic carbocycles. The zero-order chi connectivity index (χ0) is 17.2. The number of hydrogen-bond donors (Lipinski definition) is 1. The predicted octanol–water partition coefficient (Wildman–Crippen LogP) is 4.88. The number of fused-ring (bicyclic) bond motifs is 1. The van der Waals surface area contributed by atoms with E-state index >= 15 is 0 Å². The Morgan fingerprint density at radius 2 is 1.92 bits per heavy atom. The molecule has 2 heterocycles. The van der Waals surface area contributed by atoms with Crippen LogP contribution in [-0.2, 0) is 6.42 Å². The smallest absolute Gasteiger partial charge is 0.154 e. The predicted molar refractivity (Wildman–Crippen MR) is 102 cm³/mol. The first kappa shape index (κ1) is 15.7. The molecule has 3 nitrogen and oxygen atoms in total. The minimum absolute atomic E-state index is 0.270. The van der Waals surface area contributed by atoms with Crippen molar-refractivity contribution in [2.75, 3.05) is 0 Å². The molecule has 1 N–H and O–H groups in total. The molecule has 25 heavy (non-hydrogen) atoms. The zero-order valence-corrected chi connectivity index (χ0v) is 14.5. The summed E-state index contributed by atoms with van der Waals surface area (Å²) in [7, 11) is 0. The molecule has 0 saturated carbocycles. The molecule has 1 aliphatic rings. The van der Waals surface area contributed by atoms with E-state index in [4.69, 9.17) is 4.99 Å². The van der Waals surface area contributed by atoms with Crippen molar-refractivity contribution < 1.29 is 4.39 Å². The number of hydrazone groups is 1. The molecule has 0 atom stereocenters. The molecule has 1 aliphatic heterocycles. The van der Waals surface area contributed by atoms with E-state index in [-0.39, 0.29) is 5.82 Å². The SMILES string of the molecule is CCc1ccc2c(c1)C(c1cccs1)=NNC(c1ccc(F)cc1)=N2. The van der Waals surface area contributed by atoms with Gasteiger partial charge < -0.3 is 0 Å². The number of rotatable bonds is 3. The Balaban J connectivity index is 1.86. The van der Waals surface area contributed by atoms with Gasteiger partial charge in [-0.1, -0.05) is 19.1 Å². The monoisotopic (exact) mass is 349 g/mol. The van der Waals surface area contributed by atoms with Gasteiger partial charge in [0.05, 0.1) is 10.6 Å². The average molecular weight is 349 g/mol. The van der Waals surface area contributed by atoms with Gasteiger partial charge in [-0.15, -0.1) is 11.3 Å². The molecule has 1 aromatic heterocycles. The van der Waals surface area contributed by atoms with E-state index in [0.29, 0.717) is 5.84 Å². The minimum Gasteiger partial charge on any atom is -0.260 e. The van der Waals surface area contributed by atoms with Gasteiger partial charge in [0.1, 0.15) is 11.5 Å². The molecule has 0 amide bonds. The van der Waals surface area contributed by atoms with Crippen LogP contribution in [0.1, 0.15) is 28.5 Å². The summed E-state index contributed by atoms with van der Waals surface area (Å²) in [6, 6.07) is 16.6. The molecule has 5 heteroatoms. The van der Waals surface area contributed by atoms with Gasteiger partial charge in [-0.25, -0.2) is 9.38 Å². The van der Waals surface area contributed by atoms with Crippen LogP contribution in [0, 0.1) is 5.82 Å². The van der Waals surface area contributed by atoms with Crippen molar-refractivity contribution in [1.29, 1.82) is 0 Å². The van der Waals surface area contributed by atoms with Crippen LogP contribution >= 0.6 is 11.3 Å². The second-order valence-electron chi connectivity index (χ2n) is 5.72. The highest BCUT2D eigenvalue weighted by Crippen LogP contribution is 2.28. The number of nitrogens with zero attached hydrogens (tertiary/aromatic N) is 2. The Morgan fingerprint density at radius 3 is 2.64 bits per heavy atom. The van der Waals surface area contributed by atoms with Gasteiger partial charge in [-0.2, -0.15) is 5.10 Å². The van der Waals surface area contributed by atoms with E-state index < -0.39 is 0 Å². The third kappa shape index (κ3) is 3.10. The lowest BCUT2D eigenvalue weighted by atomic mass is 10.0. The number of nitrogens with one attached hydrogen (secondary N) is 1. The number of halogens is 1. The number of benzene rings is 2. The molecule has 2 aromatic carbocycles. The Labute approximate surface area is 149 Å². The Hall–Kier alpha value is -2.79. The fourth-order valence-corrected chi connectivity index (χ4v) is 3.47. The zero-order valence-electron chi connectivity index (χ0n) is 13.7. The summed E-state index contributed by atoms with van der Waals surface area (Å²) >= 11 is 1.64. The van der Waals surface area contributed by atoms with Gasteiger partial charge in [0, 0.05) is 11.1 Å². The van der Waals surface area contributed by atoms with Crippen LogP contribution in [0.4, 0.5) is 10.1 Å². The molecule has 0 bridgehead atoms. The highest BCUT2D eigenvalue weighted by Gasteiger charge is 2.18. The van der Waals surface area contributed by atoms with Gasteiger partial charge in [-0.05, 0) is 59.8 Å². The maximum Gasteiger partial charge on any atom is 0.154 e. The van der Waals surface area contributed by atoms with Crippen molar-refractivity contribution in [1.82, 2.24) is 5.43 Å². The molecule has 0 fully saturated rings. The number of amidine groups is 1. The van der Waals surface area contributed by atoms with Crippen LogP contribution < -0.4 is 5.43 Å². The van der Waals surface area contributed by atoms with Gasteiger partial charge in [0.25, 0.3) is 0 Å². The second-order valence-corrected chi connectivity index (χ2v) is 6.67. The van der Waals surface area contributed by atoms with Crippen molar-refractivity contribution in [3.05, 3.63) is 87.4 Å². The lowest BCUT2D eigenvalue weighted by Gasteiger charge is -2.07. The fraction of sp³-hybridized carbons (Fsp3) is 0.100. The van der Waals surface area contributed by atoms with E-state index in [1.165, 1.54) is 17.7 Å². The molecule has 3 aromatic rings. The van der Waals surface area contributed by atoms with E-state index in [2.05, 4.69) is 35.7 Å². The Morgan fingerprint density at radius 1 is 1.08 bits per heavy atom. The maximum absolute atomic E-state index is 13.2. The average Bonchev–Trinajstić information content (AvgIpc) is 3.10. The third-order valence-electron chi connectivity index (χ3n) is 4.10. The van der Waals surface area contributed by atoms with Crippen molar-refractivity contribution >= 4 is 28.6 Å². The van der Waals surface area contributed by atoms with Crippen LogP contribution in [0.5, 0.6) is 0 Å². The quantitative estimate of drug-likeness (QED) is 0.718. The maximum atomic E-state index is 13.2. The summed E-state index contributed by atoms with van der Waals surface area (Å²) in [6.45, 7) is 2.13. The summed E-state index contributed by atoms with van der Waals surface area (Å²) in [5.74, 6) is 0.339. The summed E-state index contributed by atoms with van der Waals surface area (Å²) in [5, 5.41) is 6.65. The Kier molecular flexibility index (Phi) is 4.15. The standard InChI is InChI=1S/C20H16FN3S/c1-2-13-5-10-17-16(12-13)19(18-4-3-11-25-18)23-24-20(22-17)14-6-8-15(21)9-7-14/h3-12H,2H2,1H3,(H,22,24). The normalized spacial score (nSPS) is 13.4. The third-order valence-corrected chi connectivity index (χ3v) is 4.98. The molecule has 0 radical (unpaired) electrons. The lowest BCUT2D eigenvalue weighted by molar-refractivity contribution is 0.627. The van der Waals surface area contributed by atoms with Gasteiger partial charge in [0.15, 0.2) is 5.84 Å². The van der Waals surface area contributed by atoms with Crippen molar-refractivity contribution in [2.45, 2.75) is 13.3 Å². The van der Waals surface area contributed by atoms with E-state index in [1.54, 1.807) is 23.5 Å². The summed E-state index contributed by atoms with van der Waals surface area (Å²) < 4.78 is 13.2. The van der Waals surface area contributed by atoms with Crippen LogP contribution in [0.25, 0.3) is 0 Å². The second kappa shape index (κ2) is 6.61. The number of aliphatic imine (C=N–C) groups is 1. The number of hydrogen-bond acceptors (Lipinski definition) is 4. The van der Waals surface area contributed by atoms with Crippen LogP contribution in [-0.4, -0.2) is 11.5 Å². The van der Waals surface area contributed by atoms with E-state index in [9.17, 15) is 4.39 Å². The topological polar surface area (TPSA) is 36.8 Å². The molecule has 4 rings (SSSR count). The van der Waals surface area contributed by atoms with Gasteiger partial charge >= 0.3 is 0 Å². The number of aryl methyl sites for hydroxylation is 1. The fourth-order valence-electron chi connectivity index (χ4n) is 2.74. The molecular formula is C20H16FN3S. The van der Waals surface area contributed by atoms with Crippen LogP contribution in [0.15, 0.2) is 70.1 Å². The van der Waals surface area contributed by atoms with Crippen molar-refractivity contribution in [3.8, 4) is 0 Å². The summed E-state index contributed by atoms with van der Waals surface area (Å²) in [5.41, 5.74) is 7.83. The molecule has 0 unspecified atom stereocenters.